The third kappa shape index (κ3) is 3.07. The summed E-state index contributed by atoms with van der Waals surface area (Å²) in [5.74, 6) is 1.00. The van der Waals surface area contributed by atoms with E-state index in [4.69, 9.17) is 4.74 Å². The van der Waals surface area contributed by atoms with Crippen LogP contribution < -0.4 is 10.1 Å². The van der Waals surface area contributed by atoms with E-state index in [0.717, 1.165) is 24.8 Å². The minimum atomic E-state index is 0.256. The third-order valence-corrected chi connectivity index (χ3v) is 3.71. The smallest absolute Gasteiger partial charge is 0.127 e. The van der Waals surface area contributed by atoms with Gasteiger partial charge in [0.25, 0.3) is 0 Å². The highest BCUT2D eigenvalue weighted by atomic mass is 16.5. The molecule has 2 nitrogen and oxygen atoms in total. The Kier molecular flexibility index (Phi) is 3.69. The second-order valence-electron chi connectivity index (χ2n) is 5.31. The Bertz CT molecular complexity index is 542. The summed E-state index contributed by atoms with van der Waals surface area (Å²) in [5, 5.41) is 6.00. The van der Waals surface area contributed by atoms with Gasteiger partial charge < -0.3 is 10.1 Å². The van der Waals surface area contributed by atoms with Crippen molar-refractivity contribution in [2.24, 2.45) is 0 Å². The maximum Gasteiger partial charge on any atom is 0.127 e. The molecule has 1 atom stereocenters. The molecule has 2 heteroatoms. The monoisotopic (exact) mass is 255 g/mol. The van der Waals surface area contributed by atoms with Gasteiger partial charge in [-0.25, -0.2) is 0 Å². The van der Waals surface area contributed by atoms with E-state index in [2.05, 4.69) is 54.7 Å². The van der Waals surface area contributed by atoms with E-state index in [0.29, 0.717) is 0 Å². The summed E-state index contributed by atoms with van der Waals surface area (Å²) in [5.41, 5.74) is 0. The second kappa shape index (κ2) is 5.62. The fourth-order valence-corrected chi connectivity index (χ4v) is 2.33. The van der Waals surface area contributed by atoms with Gasteiger partial charge in [-0.15, -0.1) is 0 Å². The van der Waals surface area contributed by atoms with Gasteiger partial charge in [-0.2, -0.15) is 0 Å². The van der Waals surface area contributed by atoms with Crippen LogP contribution in [0.15, 0.2) is 42.5 Å². The predicted octanol–water partition coefficient (Wildman–Crippen LogP) is 3.75. The van der Waals surface area contributed by atoms with Crippen LogP contribution in [0.3, 0.4) is 0 Å². The molecule has 0 aromatic heterocycles. The highest BCUT2D eigenvalue weighted by Crippen LogP contribution is 2.26. The summed E-state index contributed by atoms with van der Waals surface area (Å²) in [6.45, 7) is 3.13. The second-order valence-corrected chi connectivity index (χ2v) is 5.31. The first-order valence-electron chi connectivity index (χ1n) is 7.24. The Morgan fingerprint density at radius 1 is 1.16 bits per heavy atom. The molecule has 1 aliphatic rings. The SMILES string of the molecule is CCC(CNC1CC1)Oc1cccc2ccccc12. The average Bonchev–Trinajstić information content (AvgIpc) is 3.28. The zero-order chi connectivity index (χ0) is 13.1. The Morgan fingerprint density at radius 3 is 2.74 bits per heavy atom. The van der Waals surface area contributed by atoms with Gasteiger partial charge in [0.2, 0.25) is 0 Å². The summed E-state index contributed by atoms with van der Waals surface area (Å²) in [6.07, 6.45) is 3.93. The van der Waals surface area contributed by atoms with E-state index in [9.17, 15) is 0 Å². The van der Waals surface area contributed by atoms with Crippen LogP contribution in [-0.2, 0) is 0 Å². The minimum Gasteiger partial charge on any atom is -0.488 e. The Morgan fingerprint density at radius 2 is 1.95 bits per heavy atom. The lowest BCUT2D eigenvalue weighted by Crippen LogP contribution is -2.32. The number of hydrogen-bond acceptors (Lipinski definition) is 2. The molecule has 2 aromatic carbocycles. The van der Waals surface area contributed by atoms with Crippen LogP contribution in [0.25, 0.3) is 10.8 Å². The van der Waals surface area contributed by atoms with Crippen LogP contribution >= 0.6 is 0 Å². The molecule has 0 amide bonds. The van der Waals surface area contributed by atoms with Gasteiger partial charge in [-0.1, -0.05) is 43.3 Å². The highest BCUT2D eigenvalue weighted by molar-refractivity contribution is 5.88. The summed E-state index contributed by atoms with van der Waals surface area (Å²) in [4.78, 5) is 0. The molecule has 1 aliphatic carbocycles. The van der Waals surface area contributed by atoms with Gasteiger partial charge in [0.15, 0.2) is 0 Å². The molecular weight excluding hydrogens is 234 g/mol. The molecule has 3 rings (SSSR count). The fourth-order valence-electron chi connectivity index (χ4n) is 2.33. The summed E-state index contributed by atoms with van der Waals surface area (Å²) >= 11 is 0. The van der Waals surface area contributed by atoms with E-state index in [1.807, 2.05) is 0 Å². The maximum absolute atomic E-state index is 6.19. The summed E-state index contributed by atoms with van der Waals surface area (Å²) < 4.78 is 6.19. The third-order valence-electron chi connectivity index (χ3n) is 3.71. The number of nitrogens with one attached hydrogen (secondary N) is 1. The average molecular weight is 255 g/mol. The van der Waals surface area contributed by atoms with Gasteiger partial charge in [-0.05, 0) is 30.7 Å². The Labute approximate surface area is 114 Å². The molecule has 1 fully saturated rings. The van der Waals surface area contributed by atoms with Crippen molar-refractivity contribution in [2.75, 3.05) is 6.54 Å². The van der Waals surface area contributed by atoms with Crippen molar-refractivity contribution in [3.05, 3.63) is 42.5 Å². The molecule has 0 heterocycles. The van der Waals surface area contributed by atoms with Crippen molar-refractivity contribution in [2.45, 2.75) is 38.3 Å². The molecule has 0 spiro atoms. The normalized spacial score (nSPS) is 16.5. The summed E-state index contributed by atoms with van der Waals surface area (Å²) in [6, 6.07) is 15.4. The van der Waals surface area contributed by atoms with Crippen LogP contribution in [0.4, 0.5) is 0 Å². The van der Waals surface area contributed by atoms with Gasteiger partial charge in [-0.3, -0.25) is 0 Å². The first-order chi connectivity index (χ1) is 9.36. The van der Waals surface area contributed by atoms with Crippen molar-refractivity contribution in [3.8, 4) is 5.75 Å². The quantitative estimate of drug-likeness (QED) is 0.848. The lowest BCUT2D eigenvalue weighted by atomic mass is 10.1. The molecule has 0 radical (unpaired) electrons. The number of benzene rings is 2. The lowest BCUT2D eigenvalue weighted by molar-refractivity contribution is 0.195. The van der Waals surface area contributed by atoms with Crippen molar-refractivity contribution >= 4 is 10.8 Å². The number of rotatable bonds is 6. The largest absolute Gasteiger partial charge is 0.488 e. The molecule has 0 saturated heterocycles. The topological polar surface area (TPSA) is 21.3 Å². The lowest BCUT2D eigenvalue weighted by Gasteiger charge is -2.19. The van der Waals surface area contributed by atoms with Crippen molar-refractivity contribution in [3.63, 3.8) is 0 Å². The molecule has 1 saturated carbocycles. The zero-order valence-corrected chi connectivity index (χ0v) is 11.4. The zero-order valence-electron chi connectivity index (χ0n) is 11.4. The molecule has 19 heavy (non-hydrogen) atoms. The van der Waals surface area contributed by atoms with Crippen LogP contribution in [0.1, 0.15) is 26.2 Å². The number of fused-ring (bicyclic) bond motifs is 1. The summed E-state index contributed by atoms with van der Waals surface area (Å²) in [7, 11) is 0. The van der Waals surface area contributed by atoms with Crippen LogP contribution in [0.2, 0.25) is 0 Å². The highest BCUT2D eigenvalue weighted by Gasteiger charge is 2.22. The van der Waals surface area contributed by atoms with E-state index >= 15 is 0 Å². The maximum atomic E-state index is 6.19. The molecule has 2 aromatic rings. The van der Waals surface area contributed by atoms with Gasteiger partial charge in [0.1, 0.15) is 11.9 Å². The van der Waals surface area contributed by atoms with Crippen molar-refractivity contribution in [1.29, 1.82) is 0 Å². The fraction of sp³-hybridized carbons (Fsp3) is 0.412. The van der Waals surface area contributed by atoms with E-state index in [1.165, 1.54) is 23.6 Å². The van der Waals surface area contributed by atoms with Gasteiger partial charge >= 0.3 is 0 Å². The van der Waals surface area contributed by atoms with Crippen LogP contribution in [0.5, 0.6) is 5.75 Å². The van der Waals surface area contributed by atoms with Crippen LogP contribution in [0, 0.1) is 0 Å². The minimum absolute atomic E-state index is 0.256. The molecule has 1 unspecified atom stereocenters. The molecule has 0 bridgehead atoms. The molecule has 100 valence electrons. The van der Waals surface area contributed by atoms with Crippen molar-refractivity contribution < 1.29 is 4.74 Å². The predicted molar refractivity (Wildman–Crippen MR) is 79.7 cm³/mol. The number of hydrogen-bond donors (Lipinski definition) is 1. The number of ether oxygens (including phenoxy) is 1. The molecular formula is C17H21NO. The standard InChI is InChI=1S/C17H21NO/c1-2-15(12-18-14-10-11-14)19-17-9-5-7-13-6-3-4-8-16(13)17/h3-9,14-15,18H,2,10-12H2,1H3. The molecule has 0 aliphatic heterocycles. The van der Waals surface area contributed by atoms with Gasteiger partial charge in [0, 0.05) is 18.0 Å². The van der Waals surface area contributed by atoms with Crippen LogP contribution in [-0.4, -0.2) is 18.7 Å². The van der Waals surface area contributed by atoms with E-state index < -0.39 is 0 Å². The Hall–Kier alpha value is -1.54. The Balaban J connectivity index is 1.74. The van der Waals surface area contributed by atoms with Crippen molar-refractivity contribution in [1.82, 2.24) is 5.32 Å². The van der Waals surface area contributed by atoms with E-state index in [1.54, 1.807) is 0 Å². The first kappa shape index (κ1) is 12.5. The first-order valence-corrected chi connectivity index (χ1v) is 7.24. The van der Waals surface area contributed by atoms with E-state index in [-0.39, 0.29) is 6.10 Å². The van der Waals surface area contributed by atoms with Gasteiger partial charge in [0.05, 0.1) is 0 Å². The molecule has 1 N–H and O–H groups in total.